The van der Waals surface area contributed by atoms with Gasteiger partial charge in [-0.2, -0.15) is 0 Å². The summed E-state index contributed by atoms with van der Waals surface area (Å²) >= 11 is 4.70. The largest absolute Gasteiger partial charge is 0.468 e. The van der Waals surface area contributed by atoms with Gasteiger partial charge in [0, 0.05) is 0 Å². The van der Waals surface area contributed by atoms with Crippen molar-refractivity contribution < 1.29 is 14.3 Å². The molecule has 0 aliphatic heterocycles. The number of ether oxygens (including phenoxy) is 1. The second-order valence-electron chi connectivity index (χ2n) is 3.84. The van der Waals surface area contributed by atoms with Crippen LogP contribution in [0.3, 0.4) is 0 Å². The van der Waals surface area contributed by atoms with Crippen LogP contribution in [-0.2, 0) is 14.3 Å². The third-order valence-electron chi connectivity index (χ3n) is 2.22. The molecule has 0 spiro atoms. The number of thiophene rings is 1. The van der Waals surface area contributed by atoms with Crippen molar-refractivity contribution in [3.05, 3.63) is 15.9 Å². The molecule has 94 valence electrons. The number of amides is 1. The minimum absolute atomic E-state index is 0.106. The standard InChI is InChI=1S/C11H14BrNO3S/c1-6(2)9(11(15)16-3)10(14)13-8-5-4-7(12)17-8/h4-6,9H,1-3H3,(H,13,14). The molecule has 0 saturated carbocycles. The fourth-order valence-electron chi connectivity index (χ4n) is 1.39. The summed E-state index contributed by atoms with van der Waals surface area (Å²) in [5.41, 5.74) is 0. The highest BCUT2D eigenvalue weighted by molar-refractivity contribution is 9.11. The number of rotatable bonds is 4. The molecule has 6 heteroatoms. The third-order valence-corrected chi connectivity index (χ3v) is 3.76. The van der Waals surface area contributed by atoms with E-state index < -0.39 is 11.9 Å². The van der Waals surface area contributed by atoms with Crippen LogP contribution in [-0.4, -0.2) is 19.0 Å². The summed E-state index contributed by atoms with van der Waals surface area (Å²) in [4.78, 5) is 23.4. The van der Waals surface area contributed by atoms with Gasteiger partial charge in [-0.3, -0.25) is 9.59 Å². The maximum atomic E-state index is 11.9. The number of methoxy groups -OCH3 is 1. The molecule has 0 fully saturated rings. The molecule has 1 N–H and O–H groups in total. The normalized spacial score (nSPS) is 12.3. The predicted molar refractivity (Wildman–Crippen MR) is 71.0 cm³/mol. The number of nitrogens with one attached hydrogen (secondary N) is 1. The van der Waals surface area contributed by atoms with Crippen LogP contribution in [0.2, 0.25) is 0 Å². The molecule has 4 nitrogen and oxygen atoms in total. The SMILES string of the molecule is COC(=O)C(C(=O)Nc1ccc(Br)s1)C(C)C. The van der Waals surface area contributed by atoms with Gasteiger partial charge in [-0.1, -0.05) is 13.8 Å². The van der Waals surface area contributed by atoms with Gasteiger partial charge in [-0.25, -0.2) is 0 Å². The summed E-state index contributed by atoms with van der Waals surface area (Å²) in [7, 11) is 1.28. The van der Waals surface area contributed by atoms with Crippen molar-refractivity contribution in [1.29, 1.82) is 0 Å². The lowest BCUT2D eigenvalue weighted by molar-refractivity contribution is -0.150. The average molecular weight is 320 g/mol. The van der Waals surface area contributed by atoms with Crippen molar-refractivity contribution in [3.63, 3.8) is 0 Å². The summed E-state index contributed by atoms with van der Waals surface area (Å²) in [6.07, 6.45) is 0. The monoisotopic (exact) mass is 319 g/mol. The average Bonchev–Trinajstić information content (AvgIpc) is 2.63. The predicted octanol–water partition coefficient (Wildman–Crippen LogP) is 2.89. The lowest BCUT2D eigenvalue weighted by Crippen LogP contribution is -2.34. The van der Waals surface area contributed by atoms with Crippen molar-refractivity contribution in [3.8, 4) is 0 Å². The Balaban J connectivity index is 2.75. The van der Waals surface area contributed by atoms with Crippen LogP contribution in [0.15, 0.2) is 15.9 Å². The van der Waals surface area contributed by atoms with Crippen molar-refractivity contribution in [1.82, 2.24) is 0 Å². The molecule has 0 aliphatic carbocycles. The topological polar surface area (TPSA) is 55.4 Å². The van der Waals surface area contributed by atoms with E-state index in [2.05, 4.69) is 26.0 Å². The van der Waals surface area contributed by atoms with Gasteiger partial charge in [0.15, 0.2) is 0 Å². The van der Waals surface area contributed by atoms with Crippen molar-refractivity contribution in [2.24, 2.45) is 11.8 Å². The van der Waals surface area contributed by atoms with E-state index in [1.165, 1.54) is 18.4 Å². The maximum Gasteiger partial charge on any atom is 0.318 e. The van der Waals surface area contributed by atoms with E-state index in [1.54, 1.807) is 6.07 Å². The molecule has 0 saturated heterocycles. The highest BCUT2D eigenvalue weighted by atomic mass is 79.9. The van der Waals surface area contributed by atoms with E-state index in [9.17, 15) is 9.59 Å². The summed E-state index contributed by atoms with van der Waals surface area (Å²) < 4.78 is 5.56. The van der Waals surface area contributed by atoms with Gasteiger partial charge in [0.2, 0.25) is 5.91 Å². The van der Waals surface area contributed by atoms with E-state index in [4.69, 9.17) is 0 Å². The van der Waals surface area contributed by atoms with Gasteiger partial charge in [0.25, 0.3) is 0 Å². The first-order valence-electron chi connectivity index (χ1n) is 5.09. The Morgan fingerprint density at radius 2 is 2.06 bits per heavy atom. The summed E-state index contributed by atoms with van der Waals surface area (Å²) in [6, 6.07) is 3.62. The van der Waals surface area contributed by atoms with E-state index in [0.717, 1.165) is 3.79 Å². The Labute approximate surface area is 112 Å². The van der Waals surface area contributed by atoms with Gasteiger partial charge < -0.3 is 10.1 Å². The summed E-state index contributed by atoms with van der Waals surface area (Å²) in [5.74, 6) is -1.72. The van der Waals surface area contributed by atoms with E-state index in [1.807, 2.05) is 19.9 Å². The molecule has 1 aromatic heterocycles. The molecule has 1 amide bonds. The number of carbonyl (C=O) groups excluding carboxylic acids is 2. The van der Waals surface area contributed by atoms with Crippen LogP contribution in [0.4, 0.5) is 5.00 Å². The zero-order valence-corrected chi connectivity index (χ0v) is 12.2. The van der Waals surface area contributed by atoms with Crippen LogP contribution in [0, 0.1) is 11.8 Å². The van der Waals surface area contributed by atoms with Crippen LogP contribution >= 0.6 is 27.3 Å². The minimum Gasteiger partial charge on any atom is -0.468 e. The first-order valence-corrected chi connectivity index (χ1v) is 6.70. The van der Waals surface area contributed by atoms with Crippen molar-refractivity contribution in [2.45, 2.75) is 13.8 Å². The first kappa shape index (κ1) is 14.2. The molecule has 0 aromatic carbocycles. The highest BCUT2D eigenvalue weighted by Crippen LogP contribution is 2.27. The molecule has 0 aliphatic rings. The molecule has 0 radical (unpaired) electrons. The molecular formula is C11H14BrNO3S. The molecule has 0 bridgehead atoms. The van der Waals surface area contributed by atoms with Crippen molar-refractivity contribution in [2.75, 3.05) is 12.4 Å². The highest BCUT2D eigenvalue weighted by Gasteiger charge is 2.30. The van der Waals surface area contributed by atoms with Crippen LogP contribution < -0.4 is 5.32 Å². The van der Waals surface area contributed by atoms with E-state index in [0.29, 0.717) is 5.00 Å². The van der Waals surface area contributed by atoms with Gasteiger partial charge in [0.1, 0.15) is 5.92 Å². The van der Waals surface area contributed by atoms with Gasteiger partial charge in [0.05, 0.1) is 15.9 Å². The Morgan fingerprint density at radius 3 is 2.47 bits per heavy atom. The molecule has 1 aromatic rings. The lowest BCUT2D eigenvalue weighted by Gasteiger charge is -2.17. The smallest absolute Gasteiger partial charge is 0.318 e. The Morgan fingerprint density at radius 1 is 1.41 bits per heavy atom. The number of hydrogen-bond acceptors (Lipinski definition) is 4. The van der Waals surface area contributed by atoms with Gasteiger partial charge >= 0.3 is 5.97 Å². The second-order valence-corrected chi connectivity index (χ2v) is 6.30. The Bertz CT molecular complexity index is 417. The number of anilines is 1. The van der Waals surface area contributed by atoms with E-state index in [-0.39, 0.29) is 11.8 Å². The fourth-order valence-corrected chi connectivity index (χ4v) is 2.68. The minimum atomic E-state index is -0.777. The Hall–Kier alpha value is -0.880. The maximum absolute atomic E-state index is 11.9. The van der Waals surface area contributed by atoms with Crippen LogP contribution in [0.25, 0.3) is 0 Å². The van der Waals surface area contributed by atoms with Gasteiger partial charge in [-0.15, -0.1) is 11.3 Å². The molecule has 17 heavy (non-hydrogen) atoms. The molecule has 1 rings (SSSR count). The van der Waals surface area contributed by atoms with Crippen LogP contribution in [0.1, 0.15) is 13.8 Å². The first-order chi connectivity index (χ1) is 7.95. The molecule has 1 atom stereocenters. The summed E-state index contributed by atoms with van der Waals surface area (Å²) in [6.45, 7) is 3.62. The van der Waals surface area contributed by atoms with Crippen molar-refractivity contribution >= 4 is 44.1 Å². The number of carbonyl (C=O) groups is 2. The number of halogens is 1. The second kappa shape index (κ2) is 6.16. The zero-order chi connectivity index (χ0) is 13.0. The Kier molecular flexibility index (Phi) is 5.14. The molecule has 1 heterocycles. The third kappa shape index (κ3) is 3.81. The molecular weight excluding hydrogens is 306 g/mol. The van der Waals surface area contributed by atoms with E-state index >= 15 is 0 Å². The fraction of sp³-hybridized carbons (Fsp3) is 0.455. The van der Waals surface area contributed by atoms with Crippen LogP contribution in [0.5, 0.6) is 0 Å². The van der Waals surface area contributed by atoms with Gasteiger partial charge in [-0.05, 0) is 34.0 Å². The zero-order valence-electron chi connectivity index (χ0n) is 9.82. The molecule has 1 unspecified atom stereocenters. The number of esters is 1. The number of hydrogen-bond donors (Lipinski definition) is 1. The lowest BCUT2D eigenvalue weighted by atomic mass is 9.95. The summed E-state index contributed by atoms with van der Waals surface area (Å²) in [5, 5.41) is 3.41. The quantitative estimate of drug-likeness (QED) is 0.685.